The van der Waals surface area contributed by atoms with Gasteiger partial charge in [0.05, 0.1) is 6.34 Å². The van der Waals surface area contributed by atoms with Crippen LogP contribution in [0.4, 0.5) is 0 Å². The smallest absolute Gasteiger partial charge is 0.168 e. The Balaban J connectivity index is 2.89. The molecule has 0 amide bonds. The van der Waals surface area contributed by atoms with Gasteiger partial charge in [0.2, 0.25) is 0 Å². The molecule has 1 rings (SSSR count). The molecule has 82 valence electrons. The van der Waals surface area contributed by atoms with Crippen LogP contribution in [0.2, 0.25) is 0 Å². The maximum absolute atomic E-state index is 6.12. The van der Waals surface area contributed by atoms with Crippen LogP contribution in [0.5, 0.6) is 0 Å². The molecule has 0 spiro atoms. The van der Waals surface area contributed by atoms with Gasteiger partial charge in [0.1, 0.15) is 5.79 Å². The summed E-state index contributed by atoms with van der Waals surface area (Å²) in [5.74, 6) is -1.05. The first-order valence-corrected chi connectivity index (χ1v) is 4.98. The van der Waals surface area contributed by atoms with Gasteiger partial charge in [0, 0.05) is 11.8 Å². The first-order valence-electron chi connectivity index (χ1n) is 4.98. The van der Waals surface area contributed by atoms with Crippen LogP contribution in [-0.4, -0.2) is 17.9 Å². The van der Waals surface area contributed by atoms with Gasteiger partial charge in [0.15, 0.2) is 5.79 Å². The maximum atomic E-state index is 6.12. The van der Waals surface area contributed by atoms with Crippen LogP contribution in [0.15, 0.2) is 4.99 Å². The molecule has 1 heterocycles. The van der Waals surface area contributed by atoms with E-state index in [9.17, 15) is 0 Å². The highest BCUT2D eigenvalue weighted by atomic mass is 15.4. The summed E-state index contributed by atoms with van der Waals surface area (Å²) < 4.78 is 0. The van der Waals surface area contributed by atoms with E-state index in [0.717, 1.165) is 0 Å². The summed E-state index contributed by atoms with van der Waals surface area (Å²) in [6.45, 7) is 8.08. The standard InChI is InChI=1S/C9H21N5/c1-6(2)8(10)12-5-13-9(11,14-8)7(3)4/h5-7,14H,10-11H2,1-4H3,(H,12,13). The lowest BCUT2D eigenvalue weighted by Crippen LogP contribution is -2.78. The van der Waals surface area contributed by atoms with Crippen molar-refractivity contribution in [2.45, 2.75) is 39.3 Å². The second kappa shape index (κ2) is 3.49. The van der Waals surface area contributed by atoms with E-state index in [1.807, 2.05) is 27.7 Å². The molecule has 0 aliphatic carbocycles. The quantitative estimate of drug-likeness (QED) is 0.493. The van der Waals surface area contributed by atoms with Crippen LogP contribution in [0.25, 0.3) is 0 Å². The van der Waals surface area contributed by atoms with E-state index in [1.165, 1.54) is 0 Å². The molecule has 6 N–H and O–H groups in total. The van der Waals surface area contributed by atoms with Crippen LogP contribution in [0.1, 0.15) is 27.7 Å². The fraction of sp³-hybridized carbons (Fsp3) is 0.889. The third-order valence-electron chi connectivity index (χ3n) is 2.78. The lowest BCUT2D eigenvalue weighted by atomic mass is 9.99. The van der Waals surface area contributed by atoms with E-state index in [1.54, 1.807) is 6.34 Å². The summed E-state index contributed by atoms with van der Waals surface area (Å²) in [6.07, 6.45) is 1.59. The molecule has 0 bridgehead atoms. The summed E-state index contributed by atoms with van der Waals surface area (Å²) in [6, 6.07) is 0. The van der Waals surface area contributed by atoms with Gasteiger partial charge in [-0.25, -0.2) is 10.3 Å². The van der Waals surface area contributed by atoms with Crippen LogP contribution in [0.3, 0.4) is 0 Å². The first kappa shape index (κ1) is 11.4. The fourth-order valence-electron chi connectivity index (χ4n) is 1.25. The van der Waals surface area contributed by atoms with Crippen LogP contribution >= 0.6 is 0 Å². The average molecular weight is 199 g/mol. The zero-order valence-corrected chi connectivity index (χ0v) is 9.33. The molecule has 2 atom stereocenters. The predicted molar refractivity (Wildman–Crippen MR) is 58.3 cm³/mol. The zero-order chi connectivity index (χ0) is 11.0. The van der Waals surface area contributed by atoms with Crippen molar-refractivity contribution in [3.63, 3.8) is 0 Å². The number of nitrogens with zero attached hydrogens (tertiary/aromatic N) is 1. The summed E-state index contributed by atoms with van der Waals surface area (Å²) in [4.78, 5) is 4.19. The highest BCUT2D eigenvalue weighted by molar-refractivity contribution is 5.57. The maximum Gasteiger partial charge on any atom is 0.168 e. The van der Waals surface area contributed by atoms with Crippen molar-refractivity contribution in [2.75, 3.05) is 0 Å². The molecule has 0 aromatic rings. The SMILES string of the molecule is CC(C)C1(N)N=CNC(N)(C(C)C)N1. The third-order valence-corrected chi connectivity index (χ3v) is 2.78. The Morgan fingerprint density at radius 1 is 1.14 bits per heavy atom. The highest BCUT2D eigenvalue weighted by Crippen LogP contribution is 2.19. The molecular weight excluding hydrogens is 178 g/mol. The predicted octanol–water partition coefficient (Wildman–Crippen LogP) is -0.255. The Hall–Kier alpha value is -0.650. The molecule has 1 aliphatic rings. The third kappa shape index (κ3) is 1.89. The normalized spacial score (nSPS) is 37.7. The molecule has 14 heavy (non-hydrogen) atoms. The lowest BCUT2D eigenvalue weighted by molar-refractivity contribution is 0.104. The molecule has 5 heteroatoms. The largest absolute Gasteiger partial charge is 0.346 e. The van der Waals surface area contributed by atoms with Crippen molar-refractivity contribution in [3.05, 3.63) is 0 Å². The Morgan fingerprint density at radius 2 is 1.71 bits per heavy atom. The molecule has 0 aromatic carbocycles. The van der Waals surface area contributed by atoms with Crippen molar-refractivity contribution >= 4 is 6.34 Å². The number of hydrogen-bond acceptors (Lipinski definition) is 5. The van der Waals surface area contributed by atoms with Gasteiger partial charge in [-0.3, -0.25) is 11.5 Å². The molecule has 2 unspecified atom stereocenters. The molecule has 0 saturated heterocycles. The zero-order valence-electron chi connectivity index (χ0n) is 9.33. The minimum absolute atomic E-state index is 0.183. The summed E-state index contributed by atoms with van der Waals surface area (Å²) in [7, 11) is 0. The first-order chi connectivity index (χ1) is 6.30. The number of aliphatic imine (C=N–C) groups is 1. The van der Waals surface area contributed by atoms with Crippen molar-refractivity contribution in [1.29, 1.82) is 0 Å². The Labute approximate surface area is 85.3 Å². The number of rotatable bonds is 2. The van der Waals surface area contributed by atoms with Crippen LogP contribution < -0.4 is 22.1 Å². The molecule has 0 aromatic heterocycles. The van der Waals surface area contributed by atoms with Gasteiger partial charge < -0.3 is 5.32 Å². The Bertz CT molecular complexity index is 237. The van der Waals surface area contributed by atoms with Crippen molar-refractivity contribution in [3.8, 4) is 0 Å². The molecule has 5 nitrogen and oxygen atoms in total. The monoisotopic (exact) mass is 199 g/mol. The van der Waals surface area contributed by atoms with Gasteiger partial charge in [-0.1, -0.05) is 27.7 Å². The Morgan fingerprint density at radius 3 is 2.14 bits per heavy atom. The second-order valence-corrected chi connectivity index (χ2v) is 4.53. The molecule has 0 radical (unpaired) electrons. The van der Waals surface area contributed by atoms with Crippen LogP contribution in [-0.2, 0) is 0 Å². The molecular formula is C9H21N5. The second-order valence-electron chi connectivity index (χ2n) is 4.53. The van der Waals surface area contributed by atoms with E-state index in [-0.39, 0.29) is 11.8 Å². The fourth-order valence-corrected chi connectivity index (χ4v) is 1.25. The van der Waals surface area contributed by atoms with Gasteiger partial charge in [0.25, 0.3) is 0 Å². The van der Waals surface area contributed by atoms with Gasteiger partial charge in [-0.05, 0) is 0 Å². The molecule has 0 saturated carbocycles. The molecule has 0 fully saturated rings. The number of nitrogens with two attached hydrogens (primary N) is 2. The van der Waals surface area contributed by atoms with Crippen LogP contribution in [0, 0.1) is 11.8 Å². The van der Waals surface area contributed by atoms with Crippen molar-refractivity contribution in [1.82, 2.24) is 10.6 Å². The van der Waals surface area contributed by atoms with E-state index in [2.05, 4.69) is 15.6 Å². The Kier molecular flexibility index (Phi) is 2.85. The molecule has 1 aliphatic heterocycles. The van der Waals surface area contributed by atoms with E-state index >= 15 is 0 Å². The van der Waals surface area contributed by atoms with E-state index in [4.69, 9.17) is 11.5 Å². The van der Waals surface area contributed by atoms with Gasteiger partial charge in [-0.15, -0.1) is 0 Å². The van der Waals surface area contributed by atoms with E-state index < -0.39 is 11.6 Å². The van der Waals surface area contributed by atoms with E-state index in [0.29, 0.717) is 0 Å². The highest BCUT2D eigenvalue weighted by Gasteiger charge is 2.41. The minimum atomic E-state index is -0.774. The van der Waals surface area contributed by atoms with Crippen molar-refractivity contribution in [2.24, 2.45) is 28.3 Å². The van der Waals surface area contributed by atoms with Crippen molar-refractivity contribution < 1.29 is 0 Å². The van der Waals surface area contributed by atoms with Gasteiger partial charge in [-0.2, -0.15) is 0 Å². The van der Waals surface area contributed by atoms with Gasteiger partial charge >= 0.3 is 0 Å². The minimum Gasteiger partial charge on any atom is -0.346 e. The summed E-state index contributed by atoms with van der Waals surface area (Å²) in [5.41, 5.74) is 12.2. The number of hydrogen-bond donors (Lipinski definition) is 4. The lowest BCUT2D eigenvalue weighted by Gasteiger charge is -2.46. The topological polar surface area (TPSA) is 88.5 Å². The average Bonchev–Trinajstić information content (AvgIpc) is 2.03. The number of nitrogens with one attached hydrogen (secondary N) is 2. The summed E-state index contributed by atoms with van der Waals surface area (Å²) in [5, 5.41) is 6.15. The summed E-state index contributed by atoms with van der Waals surface area (Å²) >= 11 is 0.